The third kappa shape index (κ3) is 4.21. The number of nitrogens with zero attached hydrogens (tertiary/aromatic N) is 2. The molecule has 20 heavy (non-hydrogen) atoms. The Hall–Kier alpha value is -1.07. The molecule has 0 amide bonds. The Bertz CT molecular complexity index is 610. The van der Waals surface area contributed by atoms with Gasteiger partial charge in [-0.25, -0.2) is 0 Å². The molecule has 1 aromatic heterocycles. The Morgan fingerprint density at radius 3 is 2.90 bits per heavy atom. The van der Waals surface area contributed by atoms with Gasteiger partial charge >= 0.3 is 0 Å². The second-order valence-electron chi connectivity index (χ2n) is 4.55. The van der Waals surface area contributed by atoms with Gasteiger partial charge in [-0.2, -0.15) is 5.10 Å². The first-order valence-electron chi connectivity index (χ1n) is 6.52. The molecule has 2 rings (SSSR count). The van der Waals surface area contributed by atoms with Gasteiger partial charge in [0, 0.05) is 28.0 Å². The molecule has 0 aliphatic heterocycles. The maximum Gasteiger partial charge on any atom is 0.149 e. The van der Waals surface area contributed by atoms with E-state index in [1.165, 1.54) is 0 Å². The van der Waals surface area contributed by atoms with Crippen molar-refractivity contribution in [3.8, 4) is 0 Å². The number of aromatic nitrogens is 2. The fraction of sp³-hybridized carbons (Fsp3) is 0.333. The number of thioether (sulfide) groups is 1. The van der Waals surface area contributed by atoms with Crippen molar-refractivity contribution in [1.29, 1.82) is 0 Å². The highest BCUT2D eigenvalue weighted by Crippen LogP contribution is 2.22. The number of carbonyl (C=O) groups is 1. The molecular weight excluding hydrogens is 336 g/mol. The van der Waals surface area contributed by atoms with Crippen molar-refractivity contribution >= 4 is 33.5 Å². The zero-order valence-corrected chi connectivity index (χ0v) is 14.0. The summed E-state index contributed by atoms with van der Waals surface area (Å²) in [7, 11) is 0. The Morgan fingerprint density at radius 2 is 2.20 bits per heavy atom. The number of hydrogen-bond acceptors (Lipinski definition) is 3. The van der Waals surface area contributed by atoms with Crippen LogP contribution in [0.3, 0.4) is 0 Å². The van der Waals surface area contributed by atoms with Crippen LogP contribution >= 0.6 is 27.7 Å². The lowest BCUT2D eigenvalue weighted by Gasteiger charge is -2.04. The largest absolute Gasteiger partial charge is 0.298 e. The van der Waals surface area contributed by atoms with E-state index in [2.05, 4.69) is 21.0 Å². The molecule has 3 nitrogen and oxygen atoms in total. The van der Waals surface area contributed by atoms with Gasteiger partial charge in [0.15, 0.2) is 0 Å². The van der Waals surface area contributed by atoms with Crippen molar-refractivity contribution in [2.45, 2.75) is 31.7 Å². The highest BCUT2D eigenvalue weighted by molar-refractivity contribution is 9.10. The molecule has 0 radical (unpaired) electrons. The van der Waals surface area contributed by atoms with Crippen LogP contribution in [0.2, 0.25) is 0 Å². The van der Waals surface area contributed by atoms with Crippen LogP contribution in [0.1, 0.15) is 18.3 Å². The molecule has 106 valence electrons. The van der Waals surface area contributed by atoms with Crippen molar-refractivity contribution < 1.29 is 4.79 Å². The molecule has 0 saturated heterocycles. The molecule has 0 unspecified atom stereocenters. The zero-order valence-electron chi connectivity index (χ0n) is 11.6. The Balaban J connectivity index is 1.92. The maximum atomic E-state index is 12.1. The molecule has 0 spiro atoms. The van der Waals surface area contributed by atoms with Crippen LogP contribution < -0.4 is 0 Å². The Morgan fingerprint density at radius 1 is 1.40 bits per heavy atom. The molecule has 0 aliphatic carbocycles. The van der Waals surface area contributed by atoms with E-state index in [9.17, 15) is 4.79 Å². The molecule has 0 aliphatic rings. The van der Waals surface area contributed by atoms with Crippen LogP contribution in [0.25, 0.3) is 0 Å². The van der Waals surface area contributed by atoms with Crippen molar-refractivity contribution in [1.82, 2.24) is 9.78 Å². The lowest BCUT2D eigenvalue weighted by atomic mass is 10.2. The summed E-state index contributed by atoms with van der Waals surface area (Å²) in [6.45, 7) is 4.79. The average Bonchev–Trinajstić information content (AvgIpc) is 2.76. The van der Waals surface area contributed by atoms with E-state index >= 15 is 0 Å². The highest BCUT2D eigenvalue weighted by Gasteiger charge is 2.10. The summed E-state index contributed by atoms with van der Waals surface area (Å²) in [4.78, 5) is 13.2. The van der Waals surface area contributed by atoms with Gasteiger partial charge in [0.1, 0.15) is 5.78 Å². The fourth-order valence-electron chi connectivity index (χ4n) is 1.99. The van der Waals surface area contributed by atoms with Gasteiger partial charge in [-0.15, -0.1) is 11.8 Å². The minimum Gasteiger partial charge on any atom is -0.298 e. The molecule has 2 aromatic rings. The lowest BCUT2D eigenvalue weighted by molar-refractivity contribution is -0.116. The smallest absolute Gasteiger partial charge is 0.149 e. The number of Topliss-reactive ketones (excluding diaryl/α,β-unsaturated/α-hetero) is 1. The predicted octanol–water partition coefficient (Wildman–Crippen LogP) is 3.88. The molecule has 1 heterocycles. The van der Waals surface area contributed by atoms with Crippen LogP contribution in [0, 0.1) is 6.92 Å². The van der Waals surface area contributed by atoms with E-state index in [4.69, 9.17) is 0 Å². The molecule has 5 heteroatoms. The number of ketones is 1. The van der Waals surface area contributed by atoms with E-state index in [0.717, 1.165) is 27.3 Å². The van der Waals surface area contributed by atoms with Crippen molar-refractivity contribution in [2.24, 2.45) is 0 Å². The lowest BCUT2D eigenvalue weighted by Crippen LogP contribution is -2.11. The van der Waals surface area contributed by atoms with Gasteiger partial charge in [-0.05, 0) is 38.1 Å². The first kappa shape index (κ1) is 15.3. The number of hydrogen-bond donors (Lipinski definition) is 0. The van der Waals surface area contributed by atoms with Gasteiger partial charge in [-0.1, -0.05) is 22.0 Å². The van der Waals surface area contributed by atoms with Crippen LogP contribution in [0.15, 0.2) is 39.7 Å². The van der Waals surface area contributed by atoms with Crippen molar-refractivity contribution in [3.05, 3.63) is 46.2 Å². The number of benzene rings is 1. The number of carbonyl (C=O) groups excluding carboxylic acids is 1. The van der Waals surface area contributed by atoms with Gasteiger partial charge in [0.25, 0.3) is 0 Å². The summed E-state index contributed by atoms with van der Waals surface area (Å²) in [6.07, 6.45) is 0.454. The second kappa shape index (κ2) is 7.09. The molecule has 1 aromatic carbocycles. The molecule has 0 atom stereocenters. The molecule has 0 saturated carbocycles. The van der Waals surface area contributed by atoms with E-state index in [1.54, 1.807) is 11.8 Å². The zero-order chi connectivity index (χ0) is 14.5. The summed E-state index contributed by atoms with van der Waals surface area (Å²) in [5.74, 6) is 0.717. The first-order chi connectivity index (χ1) is 9.58. The van der Waals surface area contributed by atoms with E-state index in [1.807, 2.05) is 48.9 Å². The minimum atomic E-state index is 0.226. The molecule has 0 N–H and O–H groups in total. The van der Waals surface area contributed by atoms with Gasteiger partial charge in [0.2, 0.25) is 0 Å². The highest BCUT2D eigenvalue weighted by atomic mass is 79.9. The van der Waals surface area contributed by atoms with Crippen LogP contribution in [0.5, 0.6) is 0 Å². The van der Waals surface area contributed by atoms with Crippen LogP contribution in [-0.2, 0) is 17.8 Å². The minimum absolute atomic E-state index is 0.226. The van der Waals surface area contributed by atoms with Gasteiger partial charge in [-0.3, -0.25) is 9.48 Å². The monoisotopic (exact) mass is 352 g/mol. The maximum absolute atomic E-state index is 12.1. The molecule has 0 fully saturated rings. The number of aryl methyl sites for hydroxylation is 2. The number of halogens is 1. The average molecular weight is 353 g/mol. The Labute approximate surface area is 131 Å². The van der Waals surface area contributed by atoms with Crippen LogP contribution in [-0.4, -0.2) is 21.3 Å². The third-order valence-corrected chi connectivity index (χ3v) is 4.41. The number of rotatable bonds is 6. The van der Waals surface area contributed by atoms with Crippen LogP contribution in [0.4, 0.5) is 0 Å². The molecule has 0 bridgehead atoms. The standard InChI is InChI=1S/C15H17BrN2OS/c1-3-18-13(7-11(2)17-18)9-14(19)10-20-15-6-4-5-12(16)8-15/h4-8H,3,9-10H2,1-2H3. The van der Waals surface area contributed by atoms with E-state index in [-0.39, 0.29) is 5.78 Å². The van der Waals surface area contributed by atoms with Crippen molar-refractivity contribution in [2.75, 3.05) is 5.75 Å². The van der Waals surface area contributed by atoms with Gasteiger partial charge < -0.3 is 0 Å². The third-order valence-electron chi connectivity index (χ3n) is 2.86. The van der Waals surface area contributed by atoms with Crippen molar-refractivity contribution in [3.63, 3.8) is 0 Å². The summed E-state index contributed by atoms with van der Waals surface area (Å²) in [6, 6.07) is 9.99. The topological polar surface area (TPSA) is 34.9 Å². The summed E-state index contributed by atoms with van der Waals surface area (Å²) >= 11 is 5.01. The van der Waals surface area contributed by atoms with E-state index in [0.29, 0.717) is 12.2 Å². The fourth-order valence-corrected chi connectivity index (χ4v) is 3.35. The summed E-state index contributed by atoms with van der Waals surface area (Å²) in [5, 5.41) is 4.36. The normalized spacial score (nSPS) is 10.8. The quantitative estimate of drug-likeness (QED) is 0.740. The first-order valence-corrected chi connectivity index (χ1v) is 8.29. The summed E-state index contributed by atoms with van der Waals surface area (Å²) in [5.41, 5.74) is 1.97. The van der Waals surface area contributed by atoms with E-state index < -0.39 is 0 Å². The predicted molar refractivity (Wildman–Crippen MR) is 86.2 cm³/mol. The summed E-state index contributed by atoms with van der Waals surface area (Å²) < 4.78 is 2.94. The van der Waals surface area contributed by atoms with Gasteiger partial charge in [0.05, 0.1) is 11.4 Å². The Kier molecular flexibility index (Phi) is 5.43. The molecular formula is C15H17BrN2OS. The SMILES string of the molecule is CCn1nc(C)cc1CC(=O)CSc1cccc(Br)c1. The second-order valence-corrected chi connectivity index (χ2v) is 6.52.